The smallest absolute Gasteiger partial charge is 0.253 e. The minimum Gasteiger partial charge on any atom is -0.496 e. The highest BCUT2D eigenvalue weighted by atomic mass is 32.1. The molecule has 1 aromatic carbocycles. The molecule has 0 aliphatic carbocycles. The van der Waals surface area contributed by atoms with Gasteiger partial charge in [0, 0.05) is 12.1 Å². The quantitative estimate of drug-likeness (QED) is 0.780. The Morgan fingerprint density at radius 1 is 1.48 bits per heavy atom. The first-order valence-electron chi connectivity index (χ1n) is 6.06. The zero-order chi connectivity index (χ0) is 15.4. The number of hydrogen-bond donors (Lipinski definition) is 3. The molecule has 0 aliphatic rings. The predicted octanol–water partition coefficient (Wildman–Crippen LogP) is 1.92. The number of methoxy groups -OCH3 is 1. The van der Waals surface area contributed by atoms with Crippen molar-refractivity contribution in [2.75, 3.05) is 18.2 Å². The van der Waals surface area contributed by atoms with Crippen molar-refractivity contribution in [3.8, 4) is 11.8 Å². The number of anilines is 2. The molecule has 1 aromatic heterocycles. The summed E-state index contributed by atoms with van der Waals surface area (Å²) in [7, 11) is 1.59. The number of rotatable bonds is 5. The number of benzene rings is 1. The Balaban J connectivity index is 2.28. The lowest BCUT2D eigenvalue weighted by Crippen LogP contribution is -2.14. The number of nitriles is 1. The zero-order valence-electron chi connectivity index (χ0n) is 11.3. The van der Waals surface area contributed by atoms with E-state index in [4.69, 9.17) is 21.5 Å². The molecule has 0 aliphatic heterocycles. The van der Waals surface area contributed by atoms with Crippen molar-refractivity contribution in [3.63, 3.8) is 0 Å². The summed E-state index contributed by atoms with van der Waals surface area (Å²) in [6.07, 6.45) is 0. The third-order valence-electron chi connectivity index (χ3n) is 2.93. The maximum atomic E-state index is 11.5. The molecule has 2 rings (SSSR count). The zero-order valence-corrected chi connectivity index (χ0v) is 12.2. The van der Waals surface area contributed by atoms with Crippen LogP contribution in [0.15, 0.2) is 24.3 Å². The van der Waals surface area contributed by atoms with E-state index in [9.17, 15) is 4.79 Å². The normalized spacial score (nSPS) is 9.90. The van der Waals surface area contributed by atoms with Crippen LogP contribution in [-0.2, 0) is 6.54 Å². The van der Waals surface area contributed by atoms with Crippen molar-refractivity contribution in [1.29, 1.82) is 5.26 Å². The second-order valence-corrected chi connectivity index (χ2v) is 5.21. The number of primary amides is 1. The maximum absolute atomic E-state index is 11.5. The van der Waals surface area contributed by atoms with Crippen molar-refractivity contribution in [2.45, 2.75) is 6.54 Å². The van der Waals surface area contributed by atoms with Gasteiger partial charge in [-0.1, -0.05) is 18.2 Å². The van der Waals surface area contributed by atoms with Crippen LogP contribution in [0.25, 0.3) is 0 Å². The van der Waals surface area contributed by atoms with Gasteiger partial charge in [0.15, 0.2) is 0 Å². The van der Waals surface area contributed by atoms with Crippen LogP contribution in [0.1, 0.15) is 20.8 Å². The number of nitrogen functional groups attached to an aromatic ring is 1. The van der Waals surface area contributed by atoms with Crippen LogP contribution in [-0.4, -0.2) is 13.0 Å². The topological polar surface area (TPSA) is 114 Å². The minimum atomic E-state index is -0.659. The fourth-order valence-corrected chi connectivity index (χ4v) is 2.84. The summed E-state index contributed by atoms with van der Waals surface area (Å²) < 4.78 is 5.26. The van der Waals surface area contributed by atoms with Crippen molar-refractivity contribution in [2.24, 2.45) is 5.73 Å². The van der Waals surface area contributed by atoms with E-state index in [1.54, 1.807) is 7.11 Å². The lowest BCUT2D eigenvalue weighted by atomic mass is 10.2. The number of hydrogen-bond acceptors (Lipinski definition) is 6. The number of ether oxygens (including phenoxy) is 1. The van der Waals surface area contributed by atoms with E-state index >= 15 is 0 Å². The molecule has 7 heteroatoms. The molecule has 0 atom stereocenters. The molecular formula is C14H14N4O2S. The van der Waals surface area contributed by atoms with Crippen molar-refractivity contribution >= 4 is 27.9 Å². The Bertz CT molecular complexity index is 718. The molecule has 0 radical (unpaired) electrons. The summed E-state index contributed by atoms with van der Waals surface area (Å²) in [5.74, 6) is 0.0726. The molecule has 6 nitrogen and oxygen atoms in total. The Labute approximate surface area is 125 Å². The number of nitrogens with two attached hydrogens (primary N) is 2. The van der Waals surface area contributed by atoms with Gasteiger partial charge in [-0.25, -0.2) is 0 Å². The molecule has 0 fully saturated rings. The first-order valence-corrected chi connectivity index (χ1v) is 6.88. The first-order chi connectivity index (χ1) is 10.1. The molecule has 0 spiro atoms. The number of carbonyl (C=O) groups is 1. The first kappa shape index (κ1) is 14.7. The van der Waals surface area contributed by atoms with E-state index in [2.05, 4.69) is 5.32 Å². The van der Waals surface area contributed by atoms with Gasteiger partial charge in [0.05, 0.1) is 18.4 Å². The summed E-state index contributed by atoms with van der Waals surface area (Å²) in [5, 5.41) is 12.6. The van der Waals surface area contributed by atoms with Crippen molar-refractivity contribution in [3.05, 3.63) is 40.3 Å². The monoisotopic (exact) mass is 302 g/mol. The molecule has 21 heavy (non-hydrogen) atoms. The molecule has 0 unspecified atom stereocenters. The molecule has 0 saturated carbocycles. The van der Waals surface area contributed by atoms with Crippen molar-refractivity contribution < 1.29 is 9.53 Å². The molecule has 5 N–H and O–H groups in total. The molecule has 1 amide bonds. The van der Waals surface area contributed by atoms with Crippen LogP contribution in [0, 0.1) is 11.3 Å². The highest BCUT2D eigenvalue weighted by Gasteiger charge is 2.20. The van der Waals surface area contributed by atoms with Crippen LogP contribution >= 0.6 is 11.3 Å². The Hall–Kier alpha value is -2.72. The van der Waals surface area contributed by atoms with E-state index in [-0.39, 0.29) is 16.1 Å². The number of nitrogens with one attached hydrogen (secondary N) is 1. The van der Waals surface area contributed by atoms with E-state index in [0.717, 1.165) is 22.6 Å². The van der Waals surface area contributed by atoms with Crippen LogP contribution in [0.3, 0.4) is 0 Å². The minimum absolute atomic E-state index is 0.123. The molecule has 0 saturated heterocycles. The van der Waals surface area contributed by atoms with Gasteiger partial charge in [-0.2, -0.15) is 5.26 Å². The van der Waals surface area contributed by atoms with Gasteiger partial charge in [-0.15, -0.1) is 11.3 Å². The van der Waals surface area contributed by atoms with Gasteiger partial charge in [0.25, 0.3) is 5.91 Å². The molecular weight excluding hydrogens is 288 g/mol. The van der Waals surface area contributed by atoms with Crippen LogP contribution < -0.4 is 21.5 Å². The maximum Gasteiger partial charge on any atom is 0.253 e. The highest BCUT2D eigenvalue weighted by molar-refractivity contribution is 7.17. The number of carbonyl (C=O) groups excluding carboxylic acids is 1. The van der Waals surface area contributed by atoms with Crippen molar-refractivity contribution in [1.82, 2.24) is 0 Å². The van der Waals surface area contributed by atoms with E-state index < -0.39 is 5.91 Å². The third kappa shape index (κ3) is 2.90. The Morgan fingerprint density at radius 3 is 2.81 bits per heavy atom. The van der Waals surface area contributed by atoms with Crippen LogP contribution in [0.4, 0.5) is 10.7 Å². The van der Waals surface area contributed by atoms with E-state index in [1.165, 1.54) is 0 Å². The van der Waals surface area contributed by atoms with Gasteiger partial charge >= 0.3 is 0 Å². The fraction of sp³-hybridized carbons (Fsp3) is 0.143. The number of para-hydroxylation sites is 1. The van der Waals surface area contributed by atoms with Gasteiger partial charge in [-0.3, -0.25) is 4.79 Å². The highest BCUT2D eigenvalue weighted by Crippen LogP contribution is 2.35. The van der Waals surface area contributed by atoms with Gasteiger partial charge in [-0.05, 0) is 6.07 Å². The average Bonchev–Trinajstić information content (AvgIpc) is 2.81. The lowest BCUT2D eigenvalue weighted by Gasteiger charge is -2.10. The number of nitrogens with zero attached hydrogens (tertiary/aromatic N) is 1. The Morgan fingerprint density at radius 2 is 2.19 bits per heavy atom. The average molecular weight is 302 g/mol. The number of thiophene rings is 1. The fourth-order valence-electron chi connectivity index (χ4n) is 1.92. The van der Waals surface area contributed by atoms with Gasteiger partial charge in [0.2, 0.25) is 0 Å². The molecule has 0 bridgehead atoms. The summed E-state index contributed by atoms with van der Waals surface area (Å²) >= 11 is 1.11. The van der Waals surface area contributed by atoms with Gasteiger partial charge in [0.1, 0.15) is 21.7 Å². The summed E-state index contributed by atoms with van der Waals surface area (Å²) in [6, 6.07) is 9.45. The SMILES string of the molecule is COc1ccccc1CNc1sc(C#N)c(N)c1C(N)=O. The summed E-state index contributed by atoms with van der Waals surface area (Å²) in [4.78, 5) is 11.8. The van der Waals surface area contributed by atoms with E-state index in [0.29, 0.717) is 11.5 Å². The van der Waals surface area contributed by atoms with Gasteiger partial charge < -0.3 is 21.5 Å². The molecule has 108 valence electrons. The predicted molar refractivity (Wildman–Crippen MR) is 82.3 cm³/mol. The van der Waals surface area contributed by atoms with E-state index in [1.807, 2.05) is 30.3 Å². The number of amides is 1. The van der Waals surface area contributed by atoms with Crippen LogP contribution in [0.2, 0.25) is 0 Å². The Kier molecular flexibility index (Phi) is 4.30. The summed E-state index contributed by atoms with van der Waals surface area (Å²) in [6.45, 7) is 0.426. The largest absolute Gasteiger partial charge is 0.496 e. The standard InChI is InChI=1S/C14H14N4O2S/c1-20-9-5-3-2-4-8(9)7-18-14-11(13(17)19)12(16)10(6-15)21-14/h2-5,18H,7,16H2,1H3,(H2,17,19). The van der Waals surface area contributed by atoms with Crippen LogP contribution in [0.5, 0.6) is 5.75 Å². The second-order valence-electron chi connectivity index (χ2n) is 4.19. The lowest BCUT2D eigenvalue weighted by molar-refractivity contribution is 0.100. The summed E-state index contributed by atoms with van der Waals surface area (Å²) in [5.41, 5.74) is 12.3. The third-order valence-corrected chi connectivity index (χ3v) is 3.99. The molecule has 2 aromatic rings. The second kappa shape index (κ2) is 6.15. The molecule has 1 heterocycles.